The number of likely N-dealkylation sites (N-methyl/N-ethyl adjacent to an activating group) is 1. The molecular weight excluding hydrogens is 608 g/mol. The monoisotopic (exact) mass is 650 g/mol. The Bertz CT molecular complexity index is 1890. The molecule has 5 aliphatic heterocycles. The van der Waals surface area contributed by atoms with Crippen LogP contribution < -0.4 is 33.2 Å². The summed E-state index contributed by atoms with van der Waals surface area (Å²) in [4.78, 5) is 4.93. The van der Waals surface area contributed by atoms with Crippen LogP contribution in [-0.2, 0) is 32.2 Å². The van der Waals surface area contributed by atoms with E-state index in [0.717, 1.165) is 67.9 Å². The molecule has 0 saturated carbocycles. The fourth-order valence-electron chi connectivity index (χ4n) is 8.17. The summed E-state index contributed by atoms with van der Waals surface area (Å²) in [7, 11) is 10.6. The van der Waals surface area contributed by atoms with Crippen LogP contribution in [0.2, 0.25) is 0 Å². The lowest BCUT2D eigenvalue weighted by atomic mass is 9.82. The second-order valence-corrected chi connectivity index (χ2v) is 13.0. The van der Waals surface area contributed by atoms with Crippen molar-refractivity contribution >= 4 is 0 Å². The Morgan fingerprint density at radius 3 is 2.06 bits per heavy atom. The number of fused-ring (bicyclic) bond motifs is 2. The van der Waals surface area contributed by atoms with Gasteiger partial charge in [0.15, 0.2) is 34.5 Å². The van der Waals surface area contributed by atoms with Gasteiger partial charge in [0.05, 0.1) is 35.5 Å². The van der Waals surface area contributed by atoms with Crippen molar-refractivity contribution in [3.05, 3.63) is 87.5 Å². The first kappa shape index (κ1) is 30.7. The second-order valence-electron chi connectivity index (χ2n) is 13.0. The van der Waals surface area contributed by atoms with E-state index in [-0.39, 0.29) is 12.1 Å². The van der Waals surface area contributed by atoms with Crippen LogP contribution in [0, 0.1) is 0 Å². The first-order chi connectivity index (χ1) is 23.4. The van der Waals surface area contributed by atoms with Crippen molar-refractivity contribution in [1.82, 2.24) is 9.80 Å². The van der Waals surface area contributed by atoms with Gasteiger partial charge in [-0.3, -0.25) is 9.80 Å². The third kappa shape index (κ3) is 4.90. The van der Waals surface area contributed by atoms with E-state index in [1.54, 1.807) is 35.5 Å². The molecule has 0 radical (unpaired) electrons. The van der Waals surface area contributed by atoms with Crippen LogP contribution in [0.5, 0.6) is 51.7 Å². The predicted molar refractivity (Wildman–Crippen MR) is 182 cm³/mol. The van der Waals surface area contributed by atoms with Gasteiger partial charge in [-0.05, 0) is 96.9 Å². The van der Waals surface area contributed by atoms with Gasteiger partial charge in [0.2, 0.25) is 11.5 Å². The molecular formula is C39H42N2O7. The van der Waals surface area contributed by atoms with Gasteiger partial charge in [0.1, 0.15) is 5.75 Å². The quantitative estimate of drug-likeness (QED) is 0.226. The van der Waals surface area contributed by atoms with Gasteiger partial charge >= 0.3 is 0 Å². The summed E-state index contributed by atoms with van der Waals surface area (Å²) in [6.07, 6.45) is 3.28. The molecule has 0 N–H and O–H groups in total. The molecule has 9 nitrogen and oxygen atoms in total. The van der Waals surface area contributed by atoms with E-state index >= 15 is 0 Å². The maximum atomic E-state index is 7.09. The molecule has 9 heteroatoms. The standard InChI is InChI=1S/C39H42N2O7/c1-40-13-11-23-17-31(42-2)34-20-28(23)29(40)15-22-7-9-26(10-8-22)47-33-18-24-16-30-35-27(12-14-41(30)21-25(24)19-32(33)43-3)36(44-4)38(45-5)39(46-6)37(35)48-34/h7-10,17-20,29-30H,11-16,21H2,1-6H3/t29-,30-/m0/s1. The number of benzene rings is 4. The Kier molecular flexibility index (Phi) is 7.76. The average molecular weight is 651 g/mol. The zero-order valence-electron chi connectivity index (χ0n) is 28.5. The molecule has 9 rings (SSSR count). The Hall–Kier alpha value is -4.60. The minimum Gasteiger partial charge on any atom is -0.493 e. The van der Waals surface area contributed by atoms with Crippen LogP contribution in [0.15, 0.2) is 48.5 Å². The van der Waals surface area contributed by atoms with E-state index in [0.29, 0.717) is 40.2 Å². The van der Waals surface area contributed by atoms with Gasteiger partial charge in [0.25, 0.3) is 0 Å². The Morgan fingerprint density at radius 1 is 0.646 bits per heavy atom. The Balaban J connectivity index is 1.39. The van der Waals surface area contributed by atoms with Crippen LogP contribution in [0.4, 0.5) is 0 Å². The van der Waals surface area contributed by atoms with Crippen molar-refractivity contribution in [3.8, 4) is 51.7 Å². The third-order valence-electron chi connectivity index (χ3n) is 10.6. The van der Waals surface area contributed by atoms with E-state index < -0.39 is 0 Å². The van der Waals surface area contributed by atoms with Crippen LogP contribution in [0.25, 0.3) is 0 Å². The van der Waals surface area contributed by atoms with E-state index in [2.05, 4.69) is 65.4 Å². The van der Waals surface area contributed by atoms with Crippen LogP contribution in [-0.4, -0.2) is 65.5 Å². The largest absolute Gasteiger partial charge is 0.493 e. The van der Waals surface area contributed by atoms with Gasteiger partial charge in [-0.25, -0.2) is 0 Å². The van der Waals surface area contributed by atoms with E-state index in [1.807, 2.05) is 0 Å². The van der Waals surface area contributed by atoms with Crippen molar-refractivity contribution in [2.45, 2.75) is 44.3 Å². The number of methoxy groups -OCH3 is 5. The lowest BCUT2D eigenvalue weighted by Gasteiger charge is -2.43. The highest BCUT2D eigenvalue weighted by Gasteiger charge is 2.41. The molecule has 4 aromatic rings. The number of hydrogen-bond donors (Lipinski definition) is 0. The topological polar surface area (TPSA) is 71.1 Å². The van der Waals surface area contributed by atoms with Crippen molar-refractivity contribution < 1.29 is 33.2 Å². The number of nitrogens with zero attached hydrogens (tertiary/aromatic N) is 2. The Morgan fingerprint density at radius 2 is 1.35 bits per heavy atom. The molecule has 7 bridgehead atoms. The van der Waals surface area contributed by atoms with Gasteiger partial charge in [-0.2, -0.15) is 0 Å². The molecule has 0 aliphatic carbocycles. The fourth-order valence-corrected chi connectivity index (χ4v) is 8.17. The second kappa shape index (κ2) is 12.1. The fraction of sp³-hybridized carbons (Fsp3) is 0.385. The summed E-state index contributed by atoms with van der Waals surface area (Å²) in [5, 5.41) is 0. The average Bonchev–Trinajstić information content (AvgIpc) is 3.11. The third-order valence-corrected chi connectivity index (χ3v) is 10.6. The first-order valence-corrected chi connectivity index (χ1v) is 16.6. The highest BCUT2D eigenvalue weighted by Crippen LogP contribution is 2.57. The minimum atomic E-state index is -0.00753. The van der Waals surface area contributed by atoms with Crippen molar-refractivity contribution in [2.24, 2.45) is 0 Å². The molecule has 0 unspecified atom stereocenters. The molecule has 48 heavy (non-hydrogen) atoms. The van der Waals surface area contributed by atoms with Crippen molar-refractivity contribution in [1.29, 1.82) is 0 Å². The normalized spacial score (nSPS) is 19.5. The van der Waals surface area contributed by atoms with Crippen molar-refractivity contribution in [2.75, 3.05) is 55.7 Å². The zero-order valence-corrected chi connectivity index (χ0v) is 28.5. The van der Waals surface area contributed by atoms with Gasteiger partial charge < -0.3 is 33.2 Å². The molecule has 0 spiro atoms. The molecule has 0 amide bonds. The van der Waals surface area contributed by atoms with Gasteiger partial charge in [-0.15, -0.1) is 0 Å². The molecule has 0 fully saturated rings. The molecule has 250 valence electrons. The summed E-state index contributed by atoms with van der Waals surface area (Å²) in [5.74, 6) is 5.88. The number of rotatable bonds is 5. The zero-order chi connectivity index (χ0) is 33.1. The first-order valence-electron chi connectivity index (χ1n) is 16.6. The molecule has 4 aromatic carbocycles. The molecule has 5 heterocycles. The summed E-state index contributed by atoms with van der Waals surface area (Å²) in [6.45, 7) is 2.57. The van der Waals surface area contributed by atoms with Gasteiger partial charge in [-0.1, -0.05) is 12.1 Å². The Labute approximate surface area is 281 Å². The van der Waals surface area contributed by atoms with E-state index in [9.17, 15) is 0 Å². The molecule has 2 atom stereocenters. The highest BCUT2D eigenvalue weighted by molar-refractivity contribution is 5.70. The van der Waals surface area contributed by atoms with E-state index in [4.69, 9.17) is 33.2 Å². The smallest absolute Gasteiger partial charge is 0.208 e. The summed E-state index contributed by atoms with van der Waals surface area (Å²) >= 11 is 0. The summed E-state index contributed by atoms with van der Waals surface area (Å²) in [5.41, 5.74) is 8.28. The molecule has 5 aliphatic rings. The van der Waals surface area contributed by atoms with E-state index in [1.165, 1.54) is 27.8 Å². The van der Waals surface area contributed by atoms with Crippen LogP contribution in [0.1, 0.15) is 51.0 Å². The number of ether oxygens (including phenoxy) is 7. The SMILES string of the molecule is COc1cc2c3cc1Oc1ccc(cc1)C[C@H]1c4cc(c(OC)cc4CCN1C)Oc1c(OC)c(OC)c(OC)c4c1[C@H](C3)N(CC4)C2. The van der Waals surface area contributed by atoms with Gasteiger partial charge in [0, 0.05) is 42.8 Å². The minimum absolute atomic E-state index is 0.00753. The van der Waals surface area contributed by atoms with Crippen LogP contribution in [0.3, 0.4) is 0 Å². The van der Waals surface area contributed by atoms with Crippen LogP contribution >= 0.6 is 0 Å². The maximum Gasteiger partial charge on any atom is 0.208 e. The molecule has 0 aromatic heterocycles. The van der Waals surface area contributed by atoms with Crippen molar-refractivity contribution in [3.63, 3.8) is 0 Å². The molecule has 0 saturated heterocycles. The number of hydrogen-bond acceptors (Lipinski definition) is 9. The summed E-state index contributed by atoms with van der Waals surface area (Å²) < 4.78 is 43.6. The lowest BCUT2D eigenvalue weighted by molar-refractivity contribution is 0.154. The summed E-state index contributed by atoms with van der Waals surface area (Å²) in [6, 6.07) is 17.2. The lowest BCUT2D eigenvalue weighted by Crippen LogP contribution is -2.39. The predicted octanol–water partition coefficient (Wildman–Crippen LogP) is 7.05. The highest BCUT2D eigenvalue weighted by atomic mass is 16.6. The maximum absolute atomic E-state index is 7.09.